The molecule has 106 valence electrons. The fourth-order valence-electron chi connectivity index (χ4n) is 1.30. The zero-order chi connectivity index (χ0) is 14.1. The van der Waals surface area contributed by atoms with E-state index in [0.717, 1.165) is 5.75 Å². The first kappa shape index (κ1) is 17.2. The minimum absolute atomic E-state index is 0.0893. The summed E-state index contributed by atoms with van der Waals surface area (Å²) in [6, 6.07) is -0.0699. The molecule has 0 aliphatic heterocycles. The van der Waals surface area contributed by atoms with Crippen LogP contribution in [0.1, 0.15) is 20.3 Å². The smallest absolute Gasteiger partial charge is 0.322 e. The van der Waals surface area contributed by atoms with Gasteiger partial charge in [0, 0.05) is 20.1 Å². The fourth-order valence-corrected chi connectivity index (χ4v) is 2.28. The molecule has 1 unspecified atom stereocenters. The van der Waals surface area contributed by atoms with Crippen LogP contribution < -0.4 is 5.32 Å². The minimum atomic E-state index is -0.294. The van der Waals surface area contributed by atoms with Crippen molar-refractivity contribution in [2.24, 2.45) is 0 Å². The molecule has 0 fully saturated rings. The third-order valence-corrected chi connectivity index (χ3v) is 3.27. The molecule has 0 heterocycles. The summed E-state index contributed by atoms with van der Waals surface area (Å²) in [5.41, 5.74) is 0. The maximum atomic E-state index is 11.5. The molecule has 0 aliphatic rings. The molecule has 18 heavy (non-hydrogen) atoms. The summed E-state index contributed by atoms with van der Waals surface area (Å²) >= 11 is 1.53. The first-order valence-electron chi connectivity index (χ1n) is 6.00. The van der Waals surface area contributed by atoms with Gasteiger partial charge >= 0.3 is 5.97 Å². The Balaban J connectivity index is 3.97. The van der Waals surface area contributed by atoms with Crippen LogP contribution in [0.5, 0.6) is 0 Å². The van der Waals surface area contributed by atoms with Gasteiger partial charge in [0.1, 0.15) is 6.04 Å². The van der Waals surface area contributed by atoms with E-state index in [0.29, 0.717) is 12.2 Å². The average Bonchev–Trinajstić information content (AvgIpc) is 2.30. The first-order valence-corrected chi connectivity index (χ1v) is 7.15. The van der Waals surface area contributed by atoms with Crippen LogP contribution >= 0.6 is 11.8 Å². The molecule has 0 radical (unpaired) electrons. The van der Waals surface area contributed by atoms with Crippen LogP contribution in [0, 0.1) is 0 Å². The van der Waals surface area contributed by atoms with E-state index in [2.05, 4.69) is 5.32 Å². The second-order valence-corrected chi connectivity index (χ2v) is 5.63. The van der Waals surface area contributed by atoms with Gasteiger partial charge in [-0.15, -0.1) is 0 Å². The summed E-state index contributed by atoms with van der Waals surface area (Å²) in [6.07, 6.45) is 0.663. The molecule has 0 spiro atoms. The minimum Gasteiger partial charge on any atom is -0.468 e. The number of carbonyl (C=O) groups is 2. The van der Waals surface area contributed by atoms with Crippen molar-refractivity contribution in [1.29, 1.82) is 0 Å². The molecule has 0 aromatic carbocycles. The maximum Gasteiger partial charge on any atom is 0.322 e. The van der Waals surface area contributed by atoms with Crippen LogP contribution in [0.3, 0.4) is 0 Å². The van der Waals surface area contributed by atoms with Crippen molar-refractivity contribution in [3.8, 4) is 0 Å². The Morgan fingerprint density at radius 2 is 1.94 bits per heavy atom. The van der Waals surface area contributed by atoms with E-state index >= 15 is 0 Å². The molecular weight excluding hydrogens is 252 g/mol. The molecule has 5 nitrogen and oxygen atoms in total. The molecule has 0 bridgehead atoms. The van der Waals surface area contributed by atoms with Gasteiger partial charge in [-0.2, -0.15) is 11.8 Å². The fraction of sp³-hybridized carbons (Fsp3) is 0.833. The Bertz CT molecular complexity index is 270. The largest absolute Gasteiger partial charge is 0.468 e. The Morgan fingerprint density at radius 1 is 1.33 bits per heavy atom. The molecular formula is C12H24N2O3S. The summed E-state index contributed by atoms with van der Waals surface area (Å²) in [6.45, 7) is 3.97. The van der Waals surface area contributed by atoms with Crippen molar-refractivity contribution in [2.45, 2.75) is 32.4 Å². The van der Waals surface area contributed by atoms with E-state index in [1.54, 1.807) is 19.0 Å². The number of hydrogen-bond donors (Lipinski definition) is 1. The highest BCUT2D eigenvalue weighted by Gasteiger charge is 2.19. The summed E-state index contributed by atoms with van der Waals surface area (Å²) in [5.74, 6) is 1.04. The molecule has 0 saturated carbocycles. The number of thioether (sulfide) groups is 1. The quantitative estimate of drug-likeness (QED) is 0.523. The van der Waals surface area contributed by atoms with Crippen molar-refractivity contribution in [3.05, 3.63) is 0 Å². The lowest BCUT2D eigenvalue weighted by Crippen LogP contribution is -2.42. The standard InChI is InChI=1S/C12H24N2O3S/c1-9(2)13-10(12(16)17-5)6-7-18-8-11(15)14(3)4/h9-10,13H,6-8H2,1-5H3. The van der Waals surface area contributed by atoms with Crippen LogP contribution in [-0.4, -0.2) is 61.6 Å². The van der Waals surface area contributed by atoms with E-state index in [-0.39, 0.29) is 24.0 Å². The maximum absolute atomic E-state index is 11.5. The van der Waals surface area contributed by atoms with Gasteiger partial charge in [-0.25, -0.2) is 0 Å². The first-order chi connectivity index (χ1) is 8.38. The second kappa shape index (κ2) is 9.22. The summed E-state index contributed by atoms with van der Waals surface area (Å²) in [7, 11) is 4.86. The highest BCUT2D eigenvalue weighted by Crippen LogP contribution is 2.07. The Hall–Kier alpha value is -0.750. The molecule has 0 aromatic rings. The van der Waals surface area contributed by atoms with Crippen molar-refractivity contribution < 1.29 is 14.3 Å². The Morgan fingerprint density at radius 3 is 2.39 bits per heavy atom. The van der Waals surface area contributed by atoms with Gasteiger partial charge in [0.25, 0.3) is 0 Å². The Kier molecular flexibility index (Phi) is 8.83. The van der Waals surface area contributed by atoms with Crippen LogP contribution in [0.4, 0.5) is 0 Å². The summed E-state index contributed by atoms with van der Waals surface area (Å²) in [5, 5.41) is 3.16. The molecule has 6 heteroatoms. The van der Waals surface area contributed by atoms with E-state index in [4.69, 9.17) is 4.74 Å². The number of hydrogen-bond acceptors (Lipinski definition) is 5. The average molecular weight is 276 g/mol. The van der Waals surface area contributed by atoms with E-state index in [1.165, 1.54) is 18.9 Å². The summed E-state index contributed by atoms with van der Waals surface area (Å²) in [4.78, 5) is 24.4. The number of methoxy groups -OCH3 is 1. The zero-order valence-corrected chi connectivity index (χ0v) is 12.7. The van der Waals surface area contributed by atoms with Gasteiger partial charge in [0.2, 0.25) is 5.91 Å². The molecule has 1 N–H and O–H groups in total. The van der Waals surface area contributed by atoms with Crippen LogP contribution in [0.2, 0.25) is 0 Å². The van der Waals surface area contributed by atoms with Gasteiger partial charge in [-0.3, -0.25) is 9.59 Å². The van der Waals surface area contributed by atoms with Crippen LogP contribution in [0.15, 0.2) is 0 Å². The number of ether oxygens (including phenoxy) is 1. The zero-order valence-electron chi connectivity index (χ0n) is 11.9. The lowest BCUT2D eigenvalue weighted by atomic mass is 10.2. The number of amides is 1. The van der Waals surface area contributed by atoms with Crippen molar-refractivity contribution in [1.82, 2.24) is 10.2 Å². The van der Waals surface area contributed by atoms with Crippen molar-refractivity contribution in [2.75, 3.05) is 32.7 Å². The monoisotopic (exact) mass is 276 g/mol. The van der Waals surface area contributed by atoms with E-state index in [1.807, 2.05) is 13.8 Å². The van der Waals surface area contributed by atoms with Crippen LogP contribution in [-0.2, 0) is 14.3 Å². The van der Waals surface area contributed by atoms with Gasteiger partial charge in [0.15, 0.2) is 0 Å². The number of rotatable bonds is 8. The van der Waals surface area contributed by atoms with Gasteiger partial charge < -0.3 is 15.0 Å². The number of carbonyl (C=O) groups excluding carboxylic acids is 2. The SMILES string of the molecule is COC(=O)C(CCSCC(=O)N(C)C)NC(C)C. The van der Waals surface area contributed by atoms with Gasteiger partial charge in [-0.05, 0) is 12.2 Å². The Labute approximate surface area is 114 Å². The molecule has 0 rings (SSSR count). The van der Waals surface area contributed by atoms with Gasteiger partial charge in [0.05, 0.1) is 12.9 Å². The number of nitrogens with zero attached hydrogens (tertiary/aromatic N) is 1. The molecule has 1 atom stereocenters. The predicted octanol–water partition coefficient (Wildman–Crippen LogP) is 0.737. The summed E-state index contributed by atoms with van der Waals surface area (Å²) < 4.78 is 4.74. The third-order valence-electron chi connectivity index (χ3n) is 2.30. The number of nitrogens with one attached hydrogen (secondary N) is 1. The predicted molar refractivity (Wildman–Crippen MR) is 74.7 cm³/mol. The molecule has 1 amide bonds. The number of esters is 1. The lowest BCUT2D eigenvalue weighted by molar-refractivity contribution is -0.143. The second-order valence-electron chi connectivity index (χ2n) is 4.53. The van der Waals surface area contributed by atoms with E-state index in [9.17, 15) is 9.59 Å². The van der Waals surface area contributed by atoms with Crippen molar-refractivity contribution >= 4 is 23.6 Å². The lowest BCUT2D eigenvalue weighted by Gasteiger charge is -2.18. The van der Waals surface area contributed by atoms with Crippen LogP contribution in [0.25, 0.3) is 0 Å². The molecule has 0 aromatic heterocycles. The normalized spacial score (nSPS) is 12.3. The molecule has 0 saturated heterocycles. The third kappa shape index (κ3) is 7.55. The molecule has 0 aliphatic carbocycles. The highest BCUT2D eigenvalue weighted by atomic mass is 32.2. The van der Waals surface area contributed by atoms with E-state index < -0.39 is 0 Å². The topological polar surface area (TPSA) is 58.6 Å². The van der Waals surface area contributed by atoms with Gasteiger partial charge in [-0.1, -0.05) is 13.8 Å². The highest BCUT2D eigenvalue weighted by molar-refractivity contribution is 7.99. The van der Waals surface area contributed by atoms with Crippen molar-refractivity contribution in [3.63, 3.8) is 0 Å².